The van der Waals surface area contributed by atoms with Gasteiger partial charge in [0, 0.05) is 22.4 Å². The Hall–Kier alpha value is -3.66. The minimum atomic E-state index is -0.138. The highest BCUT2D eigenvalue weighted by Gasteiger charge is 2.10. The second-order valence-electron chi connectivity index (χ2n) is 6.30. The number of hydrogen-bond acceptors (Lipinski definition) is 3. The van der Waals surface area contributed by atoms with Crippen LogP contribution >= 0.6 is 0 Å². The summed E-state index contributed by atoms with van der Waals surface area (Å²) < 4.78 is 5.63. The first-order valence-electron chi connectivity index (χ1n) is 8.68. The second-order valence-corrected chi connectivity index (χ2v) is 6.30. The van der Waals surface area contributed by atoms with E-state index in [0.29, 0.717) is 11.5 Å². The minimum Gasteiger partial charge on any atom is -0.444 e. The smallest absolute Gasteiger partial charge is 0.255 e. The average molecular weight is 354 g/mol. The number of nitrogens with one attached hydrogen (secondary N) is 1. The third-order valence-corrected chi connectivity index (χ3v) is 4.28. The van der Waals surface area contributed by atoms with Crippen molar-refractivity contribution < 1.29 is 9.21 Å². The lowest BCUT2D eigenvalue weighted by Gasteiger charge is -2.05. The fraction of sp³-hybridized carbons (Fsp3) is 0.0435. The van der Waals surface area contributed by atoms with Crippen molar-refractivity contribution in [3.8, 4) is 22.7 Å². The van der Waals surface area contributed by atoms with E-state index in [9.17, 15) is 4.79 Å². The van der Waals surface area contributed by atoms with Crippen molar-refractivity contribution in [2.75, 3.05) is 5.32 Å². The van der Waals surface area contributed by atoms with Gasteiger partial charge in [-0.05, 0) is 43.3 Å². The summed E-state index contributed by atoms with van der Waals surface area (Å²) in [7, 11) is 0. The quantitative estimate of drug-likeness (QED) is 0.521. The molecule has 0 saturated heterocycles. The van der Waals surface area contributed by atoms with Gasteiger partial charge in [0.05, 0.1) is 0 Å². The minimum absolute atomic E-state index is 0.138. The van der Waals surface area contributed by atoms with Crippen LogP contribution in [0.15, 0.2) is 89.5 Å². The van der Waals surface area contributed by atoms with Gasteiger partial charge in [-0.3, -0.25) is 4.79 Å². The van der Waals surface area contributed by atoms with E-state index in [2.05, 4.69) is 17.2 Å². The van der Waals surface area contributed by atoms with Crippen LogP contribution in [0.2, 0.25) is 0 Å². The van der Waals surface area contributed by atoms with Crippen LogP contribution in [-0.4, -0.2) is 10.9 Å². The van der Waals surface area contributed by atoms with Crippen molar-refractivity contribution in [3.05, 3.63) is 96.3 Å². The largest absolute Gasteiger partial charge is 0.444 e. The topological polar surface area (TPSA) is 55.1 Å². The molecule has 0 spiro atoms. The third-order valence-electron chi connectivity index (χ3n) is 4.28. The molecular weight excluding hydrogens is 336 g/mol. The van der Waals surface area contributed by atoms with Gasteiger partial charge in [-0.25, -0.2) is 4.98 Å². The van der Waals surface area contributed by atoms with Crippen LogP contribution < -0.4 is 5.32 Å². The van der Waals surface area contributed by atoms with Crippen LogP contribution in [-0.2, 0) is 0 Å². The van der Waals surface area contributed by atoms with Crippen molar-refractivity contribution in [2.24, 2.45) is 0 Å². The van der Waals surface area contributed by atoms with Gasteiger partial charge in [-0.15, -0.1) is 0 Å². The summed E-state index contributed by atoms with van der Waals surface area (Å²) in [6.07, 6.45) is 1.66. The summed E-state index contributed by atoms with van der Waals surface area (Å²) in [5.41, 5.74) is 5.21. The molecule has 1 heterocycles. The molecule has 132 valence electrons. The van der Waals surface area contributed by atoms with Crippen molar-refractivity contribution in [2.45, 2.75) is 6.92 Å². The molecule has 3 aromatic carbocycles. The molecule has 0 unspecified atom stereocenters. The molecule has 0 aliphatic carbocycles. The normalized spacial score (nSPS) is 10.6. The zero-order valence-corrected chi connectivity index (χ0v) is 14.8. The SMILES string of the molecule is Cc1ccc(-c2coc(-c3ccc(NC(=O)c4ccccc4)cc3)n2)cc1. The molecular formula is C23H18N2O2. The van der Waals surface area contributed by atoms with E-state index in [4.69, 9.17) is 4.42 Å². The summed E-state index contributed by atoms with van der Waals surface area (Å²) in [5.74, 6) is 0.410. The molecule has 4 heteroatoms. The van der Waals surface area contributed by atoms with E-state index in [-0.39, 0.29) is 5.91 Å². The summed E-state index contributed by atoms with van der Waals surface area (Å²) in [6, 6.07) is 24.7. The first-order chi connectivity index (χ1) is 13.2. The van der Waals surface area contributed by atoms with E-state index in [0.717, 1.165) is 22.5 Å². The van der Waals surface area contributed by atoms with Gasteiger partial charge >= 0.3 is 0 Å². The third kappa shape index (κ3) is 3.80. The summed E-state index contributed by atoms with van der Waals surface area (Å²) in [6.45, 7) is 2.05. The Morgan fingerprint density at radius 1 is 0.852 bits per heavy atom. The first kappa shape index (κ1) is 16.8. The van der Waals surface area contributed by atoms with E-state index < -0.39 is 0 Å². The Kier molecular flexibility index (Phi) is 4.54. The summed E-state index contributed by atoms with van der Waals surface area (Å²) >= 11 is 0. The van der Waals surface area contributed by atoms with E-state index in [1.165, 1.54) is 5.56 Å². The number of hydrogen-bond donors (Lipinski definition) is 1. The first-order valence-corrected chi connectivity index (χ1v) is 8.68. The van der Waals surface area contributed by atoms with E-state index in [1.807, 2.05) is 66.7 Å². The summed E-state index contributed by atoms with van der Waals surface area (Å²) in [5, 5.41) is 2.88. The van der Waals surface area contributed by atoms with Crippen LogP contribution in [0, 0.1) is 6.92 Å². The maximum Gasteiger partial charge on any atom is 0.255 e. The molecule has 1 amide bonds. The highest BCUT2D eigenvalue weighted by atomic mass is 16.3. The molecule has 1 N–H and O–H groups in total. The van der Waals surface area contributed by atoms with Gasteiger partial charge in [0.2, 0.25) is 5.89 Å². The number of aryl methyl sites for hydroxylation is 1. The number of rotatable bonds is 4. The highest BCUT2D eigenvalue weighted by Crippen LogP contribution is 2.26. The Morgan fingerprint density at radius 2 is 1.52 bits per heavy atom. The Balaban J connectivity index is 1.49. The summed E-state index contributed by atoms with van der Waals surface area (Å²) in [4.78, 5) is 16.8. The molecule has 0 atom stereocenters. The number of anilines is 1. The number of carbonyl (C=O) groups is 1. The van der Waals surface area contributed by atoms with Gasteiger partial charge in [-0.2, -0.15) is 0 Å². The number of oxazole rings is 1. The molecule has 0 radical (unpaired) electrons. The van der Waals surface area contributed by atoms with Crippen LogP contribution in [0.3, 0.4) is 0 Å². The van der Waals surface area contributed by atoms with Crippen molar-refractivity contribution in [1.82, 2.24) is 4.98 Å². The predicted molar refractivity (Wildman–Crippen MR) is 107 cm³/mol. The average Bonchev–Trinajstić information content (AvgIpc) is 3.20. The molecule has 0 fully saturated rings. The van der Waals surface area contributed by atoms with E-state index in [1.54, 1.807) is 18.4 Å². The van der Waals surface area contributed by atoms with Crippen molar-refractivity contribution in [1.29, 1.82) is 0 Å². The number of aromatic nitrogens is 1. The van der Waals surface area contributed by atoms with Crippen LogP contribution in [0.1, 0.15) is 15.9 Å². The number of benzene rings is 3. The predicted octanol–water partition coefficient (Wildman–Crippen LogP) is 5.57. The Bertz CT molecular complexity index is 1050. The molecule has 0 bridgehead atoms. The Morgan fingerprint density at radius 3 is 2.22 bits per heavy atom. The second kappa shape index (κ2) is 7.30. The maximum atomic E-state index is 12.2. The molecule has 27 heavy (non-hydrogen) atoms. The number of amides is 1. The monoisotopic (exact) mass is 354 g/mol. The zero-order chi connectivity index (χ0) is 18.6. The Labute approximate surface area is 157 Å². The lowest BCUT2D eigenvalue weighted by Crippen LogP contribution is -2.11. The van der Waals surface area contributed by atoms with Crippen LogP contribution in [0.25, 0.3) is 22.7 Å². The van der Waals surface area contributed by atoms with Crippen LogP contribution in [0.4, 0.5) is 5.69 Å². The van der Waals surface area contributed by atoms with Gasteiger partial charge in [-0.1, -0.05) is 48.0 Å². The zero-order valence-electron chi connectivity index (χ0n) is 14.8. The lowest BCUT2D eigenvalue weighted by atomic mass is 10.1. The lowest BCUT2D eigenvalue weighted by molar-refractivity contribution is 0.102. The van der Waals surface area contributed by atoms with Crippen molar-refractivity contribution in [3.63, 3.8) is 0 Å². The fourth-order valence-corrected chi connectivity index (χ4v) is 2.75. The van der Waals surface area contributed by atoms with Gasteiger partial charge < -0.3 is 9.73 Å². The molecule has 1 aromatic heterocycles. The van der Waals surface area contributed by atoms with Gasteiger partial charge in [0.15, 0.2) is 0 Å². The van der Waals surface area contributed by atoms with Crippen LogP contribution in [0.5, 0.6) is 0 Å². The molecule has 0 aliphatic rings. The molecule has 4 aromatic rings. The van der Waals surface area contributed by atoms with E-state index >= 15 is 0 Å². The van der Waals surface area contributed by atoms with Crippen molar-refractivity contribution >= 4 is 11.6 Å². The number of carbonyl (C=O) groups excluding carboxylic acids is 1. The maximum absolute atomic E-state index is 12.2. The fourth-order valence-electron chi connectivity index (χ4n) is 2.75. The molecule has 0 saturated carbocycles. The molecule has 4 rings (SSSR count). The molecule has 0 aliphatic heterocycles. The molecule has 4 nitrogen and oxygen atoms in total. The van der Waals surface area contributed by atoms with Gasteiger partial charge in [0.25, 0.3) is 5.91 Å². The highest BCUT2D eigenvalue weighted by molar-refractivity contribution is 6.04. The van der Waals surface area contributed by atoms with Gasteiger partial charge in [0.1, 0.15) is 12.0 Å². The number of nitrogens with zero attached hydrogens (tertiary/aromatic N) is 1. The standard InChI is InChI=1S/C23H18N2O2/c1-16-7-9-17(10-8-16)21-15-27-23(25-21)19-11-13-20(14-12-19)24-22(26)18-5-3-2-4-6-18/h2-15H,1H3,(H,24,26).